The van der Waals surface area contributed by atoms with E-state index in [9.17, 15) is 4.79 Å². The molecule has 1 aliphatic rings. The van der Waals surface area contributed by atoms with Crippen LogP contribution in [0.1, 0.15) is 29.3 Å². The van der Waals surface area contributed by atoms with Crippen molar-refractivity contribution in [1.82, 2.24) is 0 Å². The van der Waals surface area contributed by atoms with Gasteiger partial charge in [-0.3, -0.25) is 4.79 Å². The standard InChI is InChI=1S/C14H18O2/c1-10(7-8-16-2)13-9-11-5-3-4-6-12(11)14(13)15/h3-6,10,13H,7-9H2,1-2H3. The molecule has 2 nitrogen and oxygen atoms in total. The summed E-state index contributed by atoms with van der Waals surface area (Å²) in [5.74, 6) is 0.881. The van der Waals surface area contributed by atoms with Crippen LogP contribution < -0.4 is 0 Å². The van der Waals surface area contributed by atoms with E-state index in [-0.39, 0.29) is 5.92 Å². The van der Waals surface area contributed by atoms with E-state index in [1.807, 2.05) is 18.2 Å². The maximum absolute atomic E-state index is 12.2. The van der Waals surface area contributed by atoms with Gasteiger partial charge in [-0.1, -0.05) is 31.2 Å². The summed E-state index contributed by atoms with van der Waals surface area (Å²) in [7, 11) is 1.71. The van der Waals surface area contributed by atoms with E-state index < -0.39 is 0 Å². The van der Waals surface area contributed by atoms with Crippen LogP contribution in [0.2, 0.25) is 0 Å². The first kappa shape index (κ1) is 11.3. The number of fused-ring (bicyclic) bond motifs is 1. The highest BCUT2D eigenvalue weighted by Crippen LogP contribution is 2.32. The molecule has 0 amide bonds. The average Bonchev–Trinajstić information content (AvgIpc) is 2.64. The summed E-state index contributed by atoms with van der Waals surface area (Å²) in [5.41, 5.74) is 2.14. The van der Waals surface area contributed by atoms with Gasteiger partial charge in [-0.2, -0.15) is 0 Å². The second-order valence-corrected chi connectivity index (χ2v) is 4.59. The van der Waals surface area contributed by atoms with Crippen molar-refractivity contribution >= 4 is 5.78 Å². The number of hydrogen-bond donors (Lipinski definition) is 0. The van der Waals surface area contributed by atoms with Crippen molar-refractivity contribution in [2.45, 2.75) is 19.8 Å². The van der Waals surface area contributed by atoms with Crippen molar-refractivity contribution in [1.29, 1.82) is 0 Å². The highest BCUT2D eigenvalue weighted by molar-refractivity contribution is 6.02. The zero-order chi connectivity index (χ0) is 11.5. The lowest BCUT2D eigenvalue weighted by atomic mass is 9.88. The first-order chi connectivity index (χ1) is 7.74. The lowest BCUT2D eigenvalue weighted by molar-refractivity contribution is 0.0874. The van der Waals surface area contributed by atoms with Crippen LogP contribution in [0.5, 0.6) is 0 Å². The van der Waals surface area contributed by atoms with E-state index in [2.05, 4.69) is 13.0 Å². The highest BCUT2D eigenvalue weighted by atomic mass is 16.5. The molecule has 2 heteroatoms. The van der Waals surface area contributed by atoms with Gasteiger partial charge < -0.3 is 4.74 Å². The van der Waals surface area contributed by atoms with Gasteiger partial charge in [-0.05, 0) is 24.3 Å². The van der Waals surface area contributed by atoms with E-state index in [1.54, 1.807) is 7.11 Å². The molecule has 16 heavy (non-hydrogen) atoms. The molecular weight excluding hydrogens is 200 g/mol. The Morgan fingerprint density at radius 1 is 1.44 bits per heavy atom. The lowest BCUT2D eigenvalue weighted by Gasteiger charge is -2.16. The van der Waals surface area contributed by atoms with Crippen LogP contribution in [0.4, 0.5) is 0 Å². The predicted octanol–water partition coefficient (Wildman–Crippen LogP) is 2.71. The lowest BCUT2D eigenvalue weighted by Crippen LogP contribution is -2.19. The first-order valence-corrected chi connectivity index (χ1v) is 5.85. The summed E-state index contributed by atoms with van der Waals surface area (Å²) >= 11 is 0. The van der Waals surface area contributed by atoms with Crippen molar-refractivity contribution in [3.8, 4) is 0 Å². The number of carbonyl (C=O) groups excluding carboxylic acids is 1. The molecule has 1 aliphatic carbocycles. The normalized spacial score (nSPS) is 20.9. The molecule has 0 N–H and O–H groups in total. The fourth-order valence-corrected chi connectivity index (χ4v) is 2.43. The highest BCUT2D eigenvalue weighted by Gasteiger charge is 2.33. The third-order valence-corrected chi connectivity index (χ3v) is 3.52. The van der Waals surface area contributed by atoms with Crippen LogP contribution >= 0.6 is 0 Å². The van der Waals surface area contributed by atoms with Gasteiger partial charge in [0, 0.05) is 25.2 Å². The van der Waals surface area contributed by atoms with Crippen molar-refractivity contribution in [2.24, 2.45) is 11.8 Å². The fourth-order valence-electron chi connectivity index (χ4n) is 2.43. The molecule has 0 radical (unpaired) electrons. The Kier molecular flexibility index (Phi) is 3.39. The number of Topliss-reactive ketones (excluding diaryl/α,β-unsaturated/α-hetero) is 1. The first-order valence-electron chi connectivity index (χ1n) is 5.85. The number of carbonyl (C=O) groups is 1. The van der Waals surface area contributed by atoms with Crippen molar-refractivity contribution in [2.75, 3.05) is 13.7 Å². The molecule has 2 atom stereocenters. The van der Waals surface area contributed by atoms with Gasteiger partial charge in [0.25, 0.3) is 0 Å². The second kappa shape index (κ2) is 4.79. The largest absolute Gasteiger partial charge is 0.385 e. The number of rotatable bonds is 4. The van der Waals surface area contributed by atoms with Crippen molar-refractivity contribution in [3.63, 3.8) is 0 Å². The molecule has 0 heterocycles. The SMILES string of the molecule is COCCC(C)C1Cc2ccccc2C1=O. The summed E-state index contributed by atoms with van der Waals surface area (Å²) in [5, 5.41) is 0. The number of benzene rings is 1. The Morgan fingerprint density at radius 2 is 2.19 bits per heavy atom. The molecule has 0 fully saturated rings. The van der Waals surface area contributed by atoms with Gasteiger partial charge in [-0.25, -0.2) is 0 Å². The quantitative estimate of drug-likeness (QED) is 0.776. The van der Waals surface area contributed by atoms with Gasteiger partial charge in [0.05, 0.1) is 0 Å². The summed E-state index contributed by atoms with van der Waals surface area (Å²) in [6, 6.07) is 7.96. The van der Waals surface area contributed by atoms with E-state index in [4.69, 9.17) is 4.74 Å². The summed E-state index contributed by atoms with van der Waals surface area (Å²) < 4.78 is 5.07. The zero-order valence-corrected chi connectivity index (χ0v) is 9.90. The monoisotopic (exact) mass is 218 g/mol. The predicted molar refractivity (Wildman–Crippen MR) is 63.6 cm³/mol. The molecule has 1 aromatic carbocycles. The van der Waals surface area contributed by atoms with E-state index in [0.29, 0.717) is 11.7 Å². The minimum absolute atomic E-state index is 0.160. The molecule has 0 aliphatic heterocycles. The third kappa shape index (κ3) is 2.03. The molecular formula is C14H18O2. The Balaban J connectivity index is 2.09. The van der Waals surface area contributed by atoms with E-state index in [0.717, 1.165) is 25.0 Å². The number of ether oxygens (including phenoxy) is 1. The van der Waals surface area contributed by atoms with Crippen LogP contribution in [0.3, 0.4) is 0 Å². The number of hydrogen-bond acceptors (Lipinski definition) is 2. The summed E-state index contributed by atoms with van der Waals surface area (Å²) in [4.78, 5) is 12.2. The van der Waals surface area contributed by atoms with Gasteiger partial charge in [0.2, 0.25) is 0 Å². The van der Waals surface area contributed by atoms with Gasteiger partial charge in [-0.15, -0.1) is 0 Å². The molecule has 0 saturated heterocycles. The topological polar surface area (TPSA) is 26.3 Å². The van der Waals surface area contributed by atoms with Crippen LogP contribution in [0.25, 0.3) is 0 Å². The Morgan fingerprint density at radius 3 is 2.88 bits per heavy atom. The Bertz CT molecular complexity index is 384. The van der Waals surface area contributed by atoms with E-state index >= 15 is 0 Å². The Hall–Kier alpha value is -1.15. The van der Waals surface area contributed by atoms with Crippen molar-refractivity contribution in [3.05, 3.63) is 35.4 Å². The molecule has 2 unspecified atom stereocenters. The van der Waals surface area contributed by atoms with E-state index in [1.165, 1.54) is 5.56 Å². The summed E-state index contributed by atoms with van der Waals surface area (Å²) in [6.07, 6.45) is 1.86. The molecule has 0 aromatic heterocycles. The molecule has 1 aromatic rings. The zero-order valence-electron chi connectivity index (χ0n) is 9.90. The number of ketones is 1. The van der Waals surface area contributed by atoms with Crippen LogP contribution in [0.15, 0.2) is 24.3 Å². The van der Waals surface area contributed by atoms with Gasteiger partial charge >= 0.3 is 0 Å². The average molecular weight is 218 g/mol. The van der Waals surface area contributed by atoms with Crippen LogP contribution in [0, 0.1) is 11.8 Å². The second-order valence-electron chi connectivity index (χ2n) is 4.59. The molecule has 0 spiro atoms. The Labute approximate surface area is 96.6 Å². The van der Waals surface area contributed by atoms with Crippen molar-refractivity contribution < 1.29 is 9.53 Å². The van der Waals surface area contributed by atoms with Gasteiger partial charge in [0.15, 0.2) is 5.78 Å². The maximum Gasteiger partial charge on any atom is 0.166 e. The summed E-state index contributed by atoms with van der Waals surface area (Å²) in [6.45, 7) is 2.88. The number of methoxy groups -OCH3 is 1. The minimum atomic E-state index is 0.160. The fraction of sp³-hybridized carbons (Fsp3) is 0.500. The molecule has 0 saturated carbocycles. The third-order valence-electron chi connectivity index (χ3n) is 3.52. The molecule has 86 valence electrons. The maximum atomic E-state index is 12.2. The van der Waals surface area contributed by atoms with Crippen LogP contribution in [-0.2, 0) is 11.2 Å². The minimum Gasteiger partial charge on any atom is -0.385 e. The molecule has 0 bridgehead atoms. The van der Waals surface area contributed by atoms with Crippen LogP contribution in [-0.4, -0.2) is 19.5 Å². The smallest absolute Gasteiger partial charge is 0.166 e. The molecule has 2 rings (SSSR count). The van der Waals surface area contributed by atoms with Gasteiger partial charge in [0.1, 0.15) is 0 Å².